The minimum absolute atomic E-state index is 0.498. The summed E-state index contributed by atoms with van der Waals surface area (Å²) in [6.07, 6.45) is 3.19. The number of rotatable bonds is 3. The number of pyridine rings is 1. The fourth-order valence-electron chi connectivity index (χ4n) is 1.65. The molecule has 4 nitrogen and oxygen atoms in total. The summed E-state index contributed by atoms with van der Waals surface area (Å²) in [4.78, 5) is 4.30. The van der Waals surface area contributed by atoms with Gasteiger partial charge in [0.15, 0.2) is 0 Å². The Morgan fingerprint density at radius 3 is 3.13 bits per heavy atom. The normalized spacial score (nSPS) is 13.3. The molecule has 80 valence electrons. The SMILES string of the molecule is CNCC(O)c1cnc2ccn(C)c2c1. The molecule has 2 N–H and O–H groups in total. The smallest absolute Gasteiger partial charge is 0.0929 e. The van der Waals surface area contributed by atoms with Crippen LogP contribution in [0.1, 0.15) is 11.7 Å². The van der Waals surface area contributed by atoms with E-state index in [1.165, 1.54) is 0 Å². The Kier molecular flexibility index (Phi) is 2.70. The molecule has 0 aliphatic heterocycles. The second-order valence-corrected chi connectivity index (χ2v) is 3.67. The van der Waals surface area contributed by atoms with Crippen molar-refractivity contribution in [2.75, 3.05) is 13.6 Å². The first kappa shape index (κ1) is 10.1. The zero-order valence-corrected chi connectivity index (χ0v) is 8.94. The predicted octanol–water partition coefficient (Wildman–Crippen LogP) is 0.826. The summed E-state index contributed by atoms with van der Waals surface area (Å²) in [5.41, 5.74) is 2.85. The molecule has 15 heavy (non-hydrogen) atoms. The number of nitrogens with one attached hydrogen (secondary N) is 1. The van der Waals surface area contributed by atoms with Crippen molar-refractivity contribution in [3.8, 4) is 0 Å². The number of aromatic nitrogens is 2. The van der Waals surface area contributed by atoms with E-state index in [-0.39, 0.29) is 0 Å². The van der Waals surface area contributed by atoms with Crippen molar-refractivity contribution in [3.05, 3.63) is 30.1 Å². The minimum atomic E-state index is -0.498. The third-order valence-electron chi connectivity index (χ3n) is 2.54. The zero-order chi connectivity index (χ0) is 10.8. The average Bonchev–Trinajstić information content (AvgIpc) is 2.60. The van der Waals surface area contributed by atoms with E-state index < -0.39 is 6.10 Å². The number of nitrogens with zero attached hydrogens (tertiary/aromatic N) is 2. The molecule has 2 aromatic rings. The van der Waals surface area contributed by atoms with E-state index in [9.17, 15) is 5.11 Å². The van der Waals surface area contributed by atoms with Crippen LogP contribution in [0.15, 0.2) is 24.5 Å². The third kappa shape index (κ3) is 1.86. The molecule has 0 saturated carbocycles. The van der Waals surface area contributed by atoms with Gasteiger partial charge in [-0.05, 0) is 19.2 Å². The van der Waals surface area contributed by atoms with Gasteiger partial charge in [-0.15, -0.1) is 0 Å². The maximum atomic E-state index is 9.80. The molecule has 0 aromatic carbocycles. The molecule has 0 saturated heterocycles. The first-order valence-corrected chi connectivity index (χ1v) is 4.96. The van der Waals surface area contributed by atoms with Crippen molar-refractivity contribution < 1.29 is 5.11 Å². The number of likely N-dealkylation sites (N-methyl/N-ethyl adjacent to an activating group) is 1. The van der Waals surface area contributed by atoms with E-state index >= 15 is 0 Å². The minimum Gasteiger partial charge on any atom is -0.387 e. The molecular formula is C11H15N3O. The molecule has 2 rings (SSSR count). The second kappa shape index (κ2) is 4.00. The van der Waals surface area contributed by atoms with Crippen molar-refractivity contribution in [2.24, 2.45) is 7.05 Å². The summed E-state index contributed by atoms with van der Waals surface area (Å²) >= 11 is 0. The van der Waals surface area contributed by atoms with Crippen LogP contribution in [0.5, 0.6) is 0 Å². The third-order valence-corrected chi connectivity index (χ3v) is 2.54. The Morgan fingerprint density at radius 2 is 2.40 bits per heavy atom. The van der Waals surface area contributed by atoms with Gasteiger partial charge in [0, 0.05) is 31.5 Å². The molecular weight excluding hydrogens is 190 g/mol. The van der Waals surface area contributed by atoms with E-state index in [0.29, 0.717) is 6.54 Å². The van der Waals surface area contributed by atoms with Crippen molar-refractivity contribution in [1.82, 2.24) is 14.9 Å². The molecule has 0 fully saturated rings. The van der Waals surface area contributed by atoms with Crippen molar-refractivity contribution >= 4 is 11.0 Å². The Hall–Kier alpha value is -1.39. The fraction of sp³-hybridized carbons (Fsp3) is 0.364. The summed E-state index contributed by atoms with van der Waals surface area (Å²) in [5.74, 6) is 0. The molecule has 0 amide bonds. The Morgan fingerprint density at radius 1 is 1.60 bits per heavy atom. The maximum absolute atomic E-state index is 9.80. The topological polar surface area (TPSA) is 50.1 Å². The fourth-order valence-corrected chi connectivity index (χ4v) is 1.65. The van der Waals surface area contributed by atoms with Crippen LogP contribution < -0.4 is 5.32 Å². The first-order chi connectivity index (χ1) is 7.22. The lowest BCUT2D eigenvalue weighted by molar-refractivity contribution is 0.177. The van der Waals surface area contributed by atoms with E-state index in [0.717, 1.165) is 16.6 Å². The van der Waals surface area contributed by atoms with Gasteiger partial charge in [0.2, 0.25) is 0 Å². The highest BCUT2D eigenvalue weighted by atomic mass is 16.3. The van der Waals surface area contributed by atoms with Gasteiger partial charge in [0.1, 0.15) is 0 Å². The highest BCUT2D eigenvalue weighted by molar-refractivity contribution is 5.76. The number of aliphatic hydroxyl groups is 1. The number of hydrogen-bond donors (Lipinski definition) is 2. The maximum Gasteiger partial charge on any atom is 0.0929 e. The van der Waals surface area contributed by atoms with Crippen LogP contribution in [-0.4, -0.2) is 28.3 Å². The molecule has 0 spiro atoms. The molecule has 4 heteroatoms. The van der Waals surface area contributed by atoms with Gasteiger partial charge in [0.25, 0.3) is 0 Å². The summed E-state index contributed by atoms with van der Waals surface area (Å²) in [6.45, 7) is 0.539. The van der Waals surface area contributed by atoms with Gasteiger partial charge in [-0.1, -0.05) is 0 Å². The molecule has 0 aliphatic rings. The Labute approximate surface area is 88.6 Å². The van der Waals surface area contributed by atoms with Crippen LogP contribution in [0.25, 0.3) is 11.0 Å². The molecule has 2 aromatic heterocycles. The van der Waals surface area contributed by atoms with Crippen molar-refractivity contribution in [1.29, 1.82) is 0 Å². The van der Waals surface area contributed by atoms with Gasteiger partial charge in [-0.3, -0.25) is 4.98 Å². The molecule has 0 aliphatic carbocycles. The van der Waals surface area contributed by atoms with Crippen LogP contribution >= 0.6 is 0 Å². The van der Waals surface area contributed by atoms with Gasteiger partial charge in [-0.25, -0.2) is 0 Å². The van der Waals surface area contributed by atoms with Gasteiger partial charge in [0.05, 0.1) is 17.1 Å². The van der Waals surface area contributed by atoms with Crippen LogP contribution in [0, 0.1) is 0 Å². The highest BCUT2D eigenvalue weighted by Gasteiger charge is 2.08. The first-order valence-electron chi connectivity index (χ1n) is 4.96. The Bertz CT molecular complexity index is 464. The predicted molar refractivity (Wildman–Crippen MR) is 59.6 cm³/mol. The number of aliphatic hydroxyl groups excluding tert-OH is 1. The van der Waals surface area contributed by atoms with E-state index in [1.54, 1.807) is 6.20 Å². The van der Waals surface area contributed by atoms with E-state index in [1.807, 2.05) is 37.0 Å². The number of hydrogen-bond acceptors (Lipinski definition) is 3. The Balaban J connectivity index is 2.41. The molecule has 0 bridgehead atoms. The summed E-state index contributed by atoms with van der Waals surface area (Å²) in [6, 6.07) is 3.94. The van der Waals surface area contributed by atoms with Crippen molar-refractivity contribution in [3.63, 3.8) is 0 Å². The summed E-state index contributed by atoms with van der Waals surface area (Å²) < 4.78 is 2.00. The number of fused-ring (bicyclic) bond motifs is 1. The lowest BCUT2D eigenvalue weighted by atomic mass is 10.1. The van der Waals surface area contributed by atoms with E-state index in [2.05, 4.69) is 10.3 Å². The lowest BCUT2D eigenvalue weighted by Crippen LogP contribution is -2.16. The molecule has 1 atom stereocenters. The zero-order valence-electron chi connectivity index (χ0n) is 8.94. The van der Waals surface area contributed by atoms with Gasteiger partial charge >= 0.3 is 0 Å². The van der Waals surface area contributed by atoms with Gasteiger partial charge in [-0.2, -0.15) is 0 Å². The molecule has 2 heterocycles. The summed E-state index contributed by atoms with van der Waals surface area (Å²) in [5, 5.41) is 12.7. The van der Waals surface area contributed by atoms with Crippen LogP contribution in [0.3, 0.4) is 0 Å². The standard InChI is InChI=1S/C11H15N3O/c1-12-7-11(15)8-5-10-9(13-6-8)3-4-14(10)2/h3-6,11-12,15H,7H2,1-2H3. The van der Waals surface area contributed by atoms with Crippen LogP contribution in [-0.2, 0) is 7.05 Å². The second-order valence-electron chi connectivity index (χ2n) is 3.67. The van der Waals surface area contributed by atoms with E-state index in [4.69, 9.17) is 0 Å². The molecule has 1 unspecified atom stereocenters. The average molecular weight is 205 g/mol. The monoisotopic (exact) mass is 205 g/mol. The van der Waals surface area contributed by atoms with Gasteiger partial charge < -0.3 is 15.0 Å². The molecule has 0 radical (unpaired) electrons. The number of aryl methyl sites for hydroxylation is 1. The van der Waals surface area contributed by atoms with Crippen LogP contribution in [0.2, 0.25) is 0 Å². The van der Waals surface area contributed by atoms with Crippen molar-refractivity contribution in [2.45, 2.75) is 6.10 Å². The summed E-state index contributed by atoms with van der Waals surface area (Å²) in [7, 11) is 3.79. The highest BCUT2D eigenvalue weighted by Crippen LogP contribution is 2.18. The largest absolute Gasteiger partial charge is 0.387 e. The quantitative estimate of drug-likeness (QED) is 0.780. The lowest BCUT2D eigenvalue weighted by Gasteiger charge is -2.09. The van der Waals surface area contributed by atoms with Crippen LogP contribution in [0.4, 0.5) is 0 Å².